The van der Waals surface area contributed by atoms with Crippen LogP contribution in [0.4, 0.5) is 0 Å². The van der Waals surface area contributed by atoms with Gasteiger partial charge in [-0.25, -0.2) is 0 Å². The van der Waals surface area contributed by atoms with Crippen molar-refractivity contribution in [2.24, 2.45) is 11.3 Å². The lowest BCUT2D eigenvalue weighted by atomic mass is 9.81. The topological polar surface area (TPSA) is 0 Å². The minimum Gasteiger partial charge on any atom is -0.0988 e. The Hall–Kier alpha value is -0.780. The highest BCUT2D eigenvalue weighted by molar-refractivity contribution is 5.40. The molecule has 0 N–H and O–H groups in total. The first-order valence-corrected chi connectivity index (χ1v) is 6.77. The number of hydrogen-bond acceptors (Lipinski definition) is 0. The molecular formula is C17H30. The van der Waals surface area contributed by atoms with Crippen molar-refractivity contribution >= 4 is 0 Å². The van der Waals surface area contributed by atoms with Gasteiger partial charge in [-0.1, -0.05) is 60.3 Å². The van der Waals surface area contributed by atoms with E-state index in [2.05, 4.69) is 61.1 Å². The van der Waals surface area contributed by atoms with Crippen molar-refractivity contribution in [2.45, 2.75) is 61.3 Å². The highest BCUT2D eigenvalue weighted by atomic mass is 14.2. The lowest BCUT2D eigenvalue weighted by molar-refractivity contribution is 0.512. The van der Waals surface area contributed by atoms with Crippen LogP contribution in [0, 0.1) is 11.3 Å². The van der Waals surface area contributed by atoms with Crippen LogP contribution in [0.2, 0.25) is 0 Å². The third-order valence-electron chi connectivity index (χ3n) is 3.11. The van der Waals surface area contributed by atoms with Gasteiger partial charge in [-0.2, -0.15) is 0 Å². The highest BCUT2D eigenvalue weighted by Crippen LogP contribution is 2.32. The maximum absolute atomic E-state index is 3.98. The Labute approximate surface area is 109 Å². The Bertz CT molecular complexity index is 305. The average Bonchev–Trinajstić information content (AvgIpc) is 2.16. The van der Waals surface area contributed by atoms with E-state index >= 15 is 0 Å². The first kappa shape index (κ1) is 16.2. The predicted molar refractivity (Wildman–Crippen MR) is 80.2 cm³/mol. The SMILES string of the molecule is C=C/C(=C(C)/C(=C\CC(C)C)CC)C(C)(C)C. The maximum Gasteiger partial charge on any atom is -0.0129 e. The van der Waals surface area contributed by atoms with Gasteiger partial charge in [0.05, 0.1) is 0 Å². The summed E-state index contributed by atoms with van der Waals surface area (Å²) in [6, 6.07) is 0. The second-order valence-corrected chi connectivity index (χ2v) is 6.21. The molecule has 0 saturated heterocycles. The fourth-order valence-electron chi connectivity index (χ4n) is 2.14. The molecule has 98 valence electrons. The standard InChI is InChI=1S/C17H30/c1-9-15(12-11-13(3)4)14(5)16(10-2)17(6,7)8/h10,12-13H,2,9,11H2,1,3-8H3/b15-12-,16-14-. The van der Waals surface area contributed by atoms with Gasteiger partial charge < -0.3 is 0 Å². The largest absolute Gasteiger partial charge is 0.0988 e. The Balaban J connectivity index is 5.32. The summed E-state index contributed by atoms with van der Waals surface area (Å²) in [6.07, 6.45) is 6.69. The van der Waals surface area contributed by atoms with Crippen LogP contribution in [0.3, 0.4) is 0 Å². The van der Waals surface area contributed by atoms with Crippen LogP contribution in [0.5, 0.6) is 0 Å². The molecule has 0 rings (SSSR count). The van der Waals surface area contributed by atoms with E-state index in [4.69, 9.17) is 0 Å². The fourth-order valence-corrected chi connectivity index (χ4v) is 2.14. The summed E-state index contributed by atoms with van der Waals surface area (Å²) < 4.78 is 0. The Morgan fingerprint density at radius 2 is 1.76 bits per heavy atom. The van der Waals surface area contributed by atoms with Crippen molar-refractivity contribution in [1.82, 2.24) is 0 Å². The third kappa shape index (κ3) is 5.39. The van der Waals surface area contributed by atoms with E-state index in [0.29, 0.717) is 0 Å². The Morgan fingerprint density at radius 3 is 2.06 bits per heavy atom. The van der Waals surface area contributed by atoms with Gasteiger partial charge in [-0.15, -0.1) is 0 Å². The smallest absolute Gasteiger partial charge is 0.0129 e. The van der Waals surface area contributed by atoms with E-state index in [1.54, 1.807) is 0 Å². The minimum atomic E-state index is 0.178. The van der Waals surface area contributed by atoms with Crippen LogP contribution >= 0.6 is 0 Å². The first-order valence-electron chi connectivity index (χ1n) is 6.77. The molecule has 0 fully saturated rings. The zero-order valence-electron chi connectivity index (χ0n) is 12.9. The molecule has 0 spiro atoms. The summed E-state index contributed by atoms with van der Waals surface area (Å²) in [4.78, 5) is 0. The van der Waals surface area contributed by atoms with E-state index in [0.717, 1.165) is 18.8 Å². The molecule has 0 aromatic rings. The first-order chi connectivity index (χ1) is 7.73. The molecule has 0 aliphatic carbocycles. The van der Waals surface area contributed by atoms with Crippen LogP contribution in [-0.2, 0) is 0 Å². The summed E-state index contributed by atoms with van der Waals surface area (Å²) in [7, 11) is 0. The van der Waals surface area contributed by atoms with E-state index < -0.39 is 0 Å². The molecule has 0 aromatic heterocycles. The van der Waals surface area contributed by atoms with Crippen LogP contribution in [0.1, 0.15) is 61.3 Å². The van der Waals surface area contributed by atoms with Crippen molar-refractivity contribution in [3.63, 3.8) is 0 Å². The molecule has 0 heterocycles. The van der Waals surface area contributed by atoms with E-state index in [1.165, 1.54) is 16.7 Å². The summed E-state index contributed by atoms with van der Waals surface area (Å²) in [5.41, 5.74) is 4.44. The molecule has 0 saturated carbocycles. The molecule has 0 aliphatic heterocycles. The minimum absolute atomic E-state index is 0.178. The predicted octanol–water partition coefficient (Wildman–Crippen LogP) is 5.92. The normalized spacial score (nSPS) is 14.9. The van der Waals surface area contributed by atoms with Crippen molar-refractivity contribution < 1.29 is 0 Å². The molecule has 0 bridgehead atoms. The summed E-state index contributed by atoms with van der Waals surface area (Å²) in [5, 5.41) is 0. The Morgan fingerprint density at radius 1 is 1.24 bits per heavy atom. The maximum atomic E-state index is 3.98. The molecule has 0 unspecified atom stereocenters. The van der Waals surface area contributed by atoms with Crippen LogP contribution in [-0.4, -0.2) is 0 Å². The Kier molecular flexibility index (Phi) is 6.52. The molecule has 0 amide bonds. The highest BCUT2D eigenvalue weighted by Gasteiger charge is 2.17. The van der Waals surface area contributed by atoms with Gasteiger partial charge in [0.25, 0.3) is 0 Å². The number of allylic oxidation sites excluding steroid dienone is 5. The van der Waals surface area contributed by atoms with E-state index in [-0.39, 0.29) is 5.41 Å². The van der Waals surface area contributed by atoms with Crippen LogP contribution < -0.4 is 0 Å². The molecule has 17 heavy (non-hydrogen) atoms. The van der Waals surface area contributed by atoms with E-state index in [9.17, 15) is 0 Å². The average molecular weight is 234 g/mol. The summed E-state index contributed by atoms with van der Waals surface area (Å²) in [6.45, 7) is 19.7. The second-order valence-electron chi connectivity index (χ2n) is 6.21. The zero-order chi connectivity index (χ0) is 13.6. The lowest BCUT2D eigenvalue weighted by Gasteiger charge is -2.24. The van der Waals surface area contributed by atoms with Crippen LogP contribution in [0.15, 0.2) is 35.5 Å². The van der Waals surface area contributed by atoms with Crippen molar-refractivity contribution in [1.29, 1.82) is 0 Å². The summed E-state index contributed by atoms with van der Waals surface area (Å²) in [5.74, 6) is 0.728. The van der Waals surface area contributed by atoms with Gasteiger partial charge in [0, 0.05) is 0 Å². The molecule has 0 atom stereocenters. The van der Waals surface area contributed by atoms with Crippen molar-refractivity contribution in [3.05, 3.63) is 35.5 Å². The van der Waals surface area contributed by atoms with Gasteiger partial charge in [-0.3, -0.25) is 0 Å². The van der Waals surface area contributed by atoms with Gasteiger partial charge in [0.15, 0.2) is 0 Å². The zero-order valence-corrected chi connectivity index (χ0v) is 12.9. The number of hydrogen-bond donors (Lipinski definition) is 0. The third-order valence-corrected chi connectivity index (χ3v) is 3.11. The summed E-state index contributed by atoms with van der Waals surface area (Å²) >= 11 is 0. The molecule has 0 aromatic carbocycles. The van der Waals surface area contributed by atoms with Crippen molar-refractivity contribution in [3.8, 4) is 0 Å². The molecule has 0 radical (unpaired) electrons. The molecule has 0 aliphatic rings. The van der Waals surface area contributed by atoms with Gasteiger partial charge in [0.2, 0.25) is 0 Å². The quantitative estimate of drug-likeness (QED) is 0.518. The molecular weight excluding hydrogens is 204 g/mol. The van der Waals surface area contributed by atoms with Crippen LogP contribution in [0.25, 0.3) is 0 Å². The monoisotopic (exact) mass is 234 g/mol. The fraction of sp³-hybridized carbons (Fsp3) is 0.647. The molecule has 0 heteroatoms. The van der Waals surface area contributed by atoms with Gasteiger partial charge >= 0.3 is 0 Å². The van der Waals surface area contributed by atoms with Gasteiger partial charge in [0.1, 0.15) is 0 Å². The lowest BCUT2D eigenvalue weighted by Crippen LogP contribution is -2.10. The van der Waals surface area contributed by atoms with E-state index in [1.807, 2.05) is 6.08 Å². The van der Waals surface area contributed by atoms with Crippen molar-refractivity contribution in [2.75, 3.05) is 0 Å². The second kappa shape index (κ2) is 6.83. The molecule has 0 nitrogen and oxygen atoms in total. The van der Waals surface area contributed by atoms with Gasteiger partial charge in [-0.05, 0) is 47.8 Å². The number of rotatable bonds is 5.